The highest BCUT2D eigenvalue weighted by Crippen LogP contribution is 2.59. The molecule has 0 aliphatic heterocycles. The van der Waals surface area contributed by atoms with Crippen LogP contribution in [0.3, 0.4) is 0 Å². The van der Waals surface area contributed by atoms with Gasteiger partial charge in [-0.05, 0) is 48.9 Å². The molecule has 0 aromatic heterocycles. The third-order valence-corrected chi connectivity index (χ3v) is 4.51. The predicted octanol–water partition coefficient (Wildman–Crippen LogP) is 4.10. The molecule has 5 unspecified atom stereocenters. The Morgan fingerprint density at radius 3 is 2.62 bits per heavy atom. The molecule has 2 fully saturated rings. The van der Waals surface area contributed by atoms with Gasteiger partial charge in [0.1, 0.15) is 0 Å². The van der Waals surface area contributed by atoms with Crippen molar-refractivity contribution in [3.63, 3.8) is 0 Å². The van der Waals surface area contributed by atoms with Crippen molar-refractivity contribution in [3.05, 3.63) is 0 Å². The van der Waals surface area contributed by atoms with Gasteiger partial charge in [-0.25, -0.2) is 0 Å². The topological polar surface area (TPSA) is 0 Å². The Morgan fingerprint density at radius 2 is 2.08 bits per heavy atom. The lowest BCUT2D eigenvalue weighted by atomic mass is 9.47. The summed E-state index contributed by atoms with van der Waals surface area (Å²) in [5, 5.41) is 0. The fraction of sp³-hybridized carbons (Fsp3) is 1.00. The van der Waals surface area contributed by atoms with Gasteiger partial charge in [-0.15, -0.1) is 0 Å². The fourth-order valence-electron chi connectivity index (χ4n) is 3.89. The molecule has 0 aromatic rings. The van der Waals surface area contributed by atoms with Crippen LogP contribution in [0.5, 0.6) is 0 Å². The summed E-state index contributed by atoms with van der Waals surface area (Å²) < 4.78 is 0. The van der Waals surface area contributed by atoms with Gasteiger partial charge in [-0.2, -0.15) is 0 Å². The summed E-state index contributed by atoms with van der Waals surface area (Å²) in [6.45, 7) is 7.21. The number of hydrogen-bond donors (Lipinski definition) is 0. The van der Waals surface area contributed by atoms with Crippen LogP contribution in [0.1, 0.15) is 52.9 Å². The molecule has 76 valence electrons. The maximum absolute atomic E-state index is 2.46. The maximum atomic E-state index is 2.46. The summed E-state index contributed by atoms with van der Waals surface area (Å²) >= 11 is 0. The van der Waals surface area contributed by atoms with E-state index in [0.29, 0.717) is 0 Å². The largest absolute Gasteiger partial charge is 0.0654 e. The van der Waals surface area contributed by atoms with Crippen LogP contribution >= 0.6 is 0 Å². The van der Waals surface area contributed by atoms with Gasteiger partial charge in [-0.3, -0.25) is 0 Å². The zero-order chi connectivity index (χ0) is 9.42. The number of fused-ring (bicyclic) bond motifs is 1. The molecule has 2 aliphatic carbocycles. The van der Waals surface area contributed by atoms with E-state index in [-0.39, 0.29) is 0 Å². The highest BCUT2D eigenvalue weighted by atomic mass is 14.6. The average Bonchev–Trinajstić information content (AvgIpc) is 2.01. The molecule has 0 radical (unpaired) electrons. The van der Waals surface area contributed by atoms with E-state index in [1.54, 1.807) is 12.8 Å². The summed E-state index contributed by atoms with van der Waals surface area (Å²) in [4.78, 5) is 0. The molecule has 0 spiro atoms. The second-order valence-electron chi connectivity index (χ2n) is 5.68. The normalized spacial score (nSPS) is 44.5. The van der Waals surface area contributed by atoms with Gasteiger partial charge < -0.3 is 0 Å². The Bertz CT molecular complexity index is 169. The van der Waals surface area contributed by atoms with E-state index >= 15 is 0 Å². The molecule has 2 saturated carbocycles. The first kappa shape index (κ1) is 9.55. The van der Waals surface area contributed by atoms with Crippen molar-refractivity contribution < 1.29 is 0 Å². The summed E-state index contributed by atoms with van der Waals surface area (Å²) in [5.74, 6) is 5.49. The first-order valence-electron chi connectivity index (χ1n) is 6.22. The Labute approximate surface area is 83.1 Å². The zero-order valence-electron chi connectivity index (χ0n) is 9.42. The highest BCUT2D eigenvalue weighted by molar-refractivity contribution is 5.00. The monoisotopic (exact) mass is 180 g/mol. The van der Waals surface area contributed by atoms with Crippen molar-refractivity contribution in [2.24, 2.45) is 29.6 Å². The van der Waals surface area contributed by atoms with E-state index in [0.717, 1.165) is 29.6 Å². The van der Waals surface area contributed by atoms with Crippen LogP contribution in [0.25, 0.3) is 0 Å². The lowest BCUT2D eigenvalue weighted by molar-refractivity contribution is -0.0894. The highest BCUT2D eigenvalue weighted by Gasteiger charge is 2.51. The standard InChI is InChI=1S/C13H24/c1-4-5-9(2)6-11-8-12-7-10(3)13(11)12/h9-13H,4-8H2,1-3H3. The Hall–Kier alpha value is 0. The quantitative estimate of drug-likeness (QED) is 0.611. The van der Waals surface area contributed by atoms with Gasteiger partial charge in [0.05, 0.1) is 0 Å². The van der Waals surface area contributed by atoms with Gasteiger partial charge in [0.15, 0.2) is 0 Å². The molecule has 2 aliphatic rings. The van der Waals surface area contributed by atoms with Gasteiger partial charge in [0.25, 0.3) is 0 Å². The number of hydrogen-bond acceptors (Lipinski definition) is 0. The van der Waals surface area contributed by atoms with Crippen molar-refractivity contribution in [3.8, 4) is 0 Å². The Kier molecular flexibility index (Phi) is 2.67. The SMILES string of the molecule is CCCC(C)CC1CC2CC(C)C12. The van der Waals surface area contributed by atoms with Crippen molar-refractivity contribution in [2.75, 3.05) is 0 Å². The van der Waals surface area contributed by atoms with Crippen LogP contribution in [0.4, 0.5) is 0 Å². The average molecular weight is 180 g/mol. The fourth-order valence-corrected chi connectivity index (χ4v) is 3.89. The van der Waals surface area contributed by atoms with Gasteiger partial charge >= 0.3 is 0 Å². The smallest absolute Gasteiger partial charge is 0.0331 e. The van der Waals surface area contributed by atoms with E-state index in [1.165, 1.54) is 19.3 Å². The first-order valence-corrected chi connectivity index (χ1v) is 6.22. The van der Waals surface area contributed by atoms with Crippen molar-refractivity contribution >= 4 is 0 Å². The van der Waals surface area contributed by atoms with Crippen molar-refractivity contribution in [2.45, 2.75) is 52.9 Å². The van der Waals surface area contributed by atoms with Gasteiger partial charge in [0, 0.05) is 0 Å². The molecular formula is C13H24. The second-order valence-corrected chi connectivity index (χ2v) is 5.68. The van der Waals surface area contributed by atoms with E-state index in [4.69, 9.17) is 0 Å². The Balaban J connectivity index is 1.71. The molecule has 0 heterocycles. The minimum absolute atomic E-state index is 0.990. The molecule has 0 saturated heterocycles. The van der Waals surface area contributed by atoms with E-state index < -0.39 is 0 Å². The molecule has 2 rings (SSSR count). The van der Waals surface area contributed by atoms with Crippen LogP contribution in [0.2, 0.25) is 0 Å². The van der Waals surface area contributed by atoms with Crippen LogP contribution in [-0.2, 0) is 0 Å². The van der Waals surface area contributed by atoms with Crippen molar-refractivity contribution in [1.29, 1.82) is 0 Å². The van der Waals surface area contributed by atoms with Crippen molar-refractivity contribution in [1.82, 2.24) is 0 Å². The summed E-state index contributed by atoms with van der Waals surface area (Å²) in [7, 11) is 0. The molecule has 0 nitrogen and oxygen atoms in total. The lowest BCUT2D eigenvalue weighted by Gasteiger charge is -2.58. The molecule has 5 atom stereocenters. The third kappa shape index (κ3) is 1.65. The molecular weight excluding hydrogens is 156 g/mol. The van der Waals surface area contributed by atoms with E-state index in [9.17, 15) is 0 Å². The summed E-state index contributed by atoms with van der Waals surface area (Å²) in [6, 6.07) is 0. The van der Waals surface area contributed by atoms with Crippen LogP contribution in [-0.4, -0.2) is 0 Å². The van der Waals surface area contributed by atoms with Crippen LogP contribution in [0.15, 0.2) is 0 Å². The first-order chi connectivity index (χ1) is 6.22. The lowest BCUT2D eigenvalue weighted by Crippen LogP contribution is -2.50. The molecule has 0 N–H and O–H groups in total. The summed E-state index contributed by atoms with van der Waals surface area (Å²) in [6.07, 6.45) is 7.46. The molecule has 0 bridgehead atoms. The predicted molar refractivity (Wildman–Crippen MR) is 57.6 cm³/mol. The Morgan fingerprint density at radius 1 is 1.31 bits per heavy atom. The second kappa shape index (κ2) is 3.63. The third-order valence-electron chi connectivity index (χ3n) is 4.51. The van der Waals surface area contributed by atoms with Gasteiger partial charge in [-0.1, -0.05) is 33.6 Å². The van der Waals surface area contributed by atoms with Crippen LogP contribution < -0.4 is 0 Å². The van der Waals surface area contributed by atoms with Gasteiger partial charge in [0.2, 0.25) is 0 Å². The zero-order valence-corrected chi connectivity index (χ0v) is 9.42. The van der Waals surface area contributed by atoms with Crippen LogP contribution in [0, 0.1) is 29.6 Å². The minimum atomic E-state index is 0.990. The molecule has 0 aromatic carbocycles. The van der Waals surface area contributed by atoms with E-state index in [2.05, 4.69) is 20.8 Å². The molecule has 0 heteroatoms. The number of rotatable bonds is 4. The summed E-state index contributed by atoms with van der Waals surface area (Å²) in [5.41, 5.74) is 0. The van der Waals surface area contributed by atoms with E-state index in [1.807, 2.05) is 0 Å². The maximum Gasteiger partial charge on any atom is -0.0331 e. The minimum Gasteiger partial charge on any atom is -0.0654 e. The molecule has 0 amide bonds. The molecule has 13 heavy (non-hydrogen) atoms.